The second kappa shape index (κ2) is 10.5. The third kappa shape index (κ3) is 5.76. The number of nitrogens with zero attached hydrogens (tertiary/aromatic N) is 4. The highest BCUT2D eigenvalue weighted by Gasteiger charge is 2.28. The van der Waals surface area contributed by atoms with Crippen molar-refractivity contribution < 1.29 is 14.3 Å². The van der Waals surface area contributed by atoms with Gasteiger partial charge in [0.05, 0.1) is 18.2 Å². The Hall–Kier alpha value is -2.52. The normalized spacial score (nSPS) is 16.4. The standard InChI is InChI=1S/C21H29N5O3S/c1-4-29-13-20(27)26-9-5-6-16(12-26)21(28)23-11-19-24-17(14-30-19)15-7-8-18(22-10-15)25(2)3/h7-8,10,14,16H,4-6,9,11-13H2,1-3H3,(H,23,28)/t16-/m0/s1. The number of thiazole rings is 1. The largest absolute Gasteiger partial charge is 0.372 e. The van der Waals surface area contributed by atoms with Crippen LogP contribution in [0.4, 0.5) is 5.82 Å². The minimum atomic E-state index is -0.188. The SMILES string of the molecule is CCOCC(=O)N1CCC[C@H](C(=O)NCc2nc(-c3ccc(N(C)C)nc3)cs2)C1. The van der Waals surface area contributed by atoms with E-state index in [1.54, 1.807) is 4.90 Å². The number of aromatic nitrogens is 2. The van der Waals surface area contributed by atoms with Gasteiger partial charge in [0.2, 0.25) is 11.8 Å². The summed E-state index contributed by atoms with van der Waals surface area (Å²) in [4.78, 5) is 37.5. The fourth-order valence-electron chi connectivity index (χ4n) is 3.33. The molecule has 9 heteroatoms. The minimum absolute atomic E-state index is 0.0299. The number of carbonyl (C=O) groups excluding carboxylic acids is 2. The van der Waals surface area contributed by atoms with Crippen LogP contribution in [0.3, 0.4) is 0 Å². The maximum absolute atomic E-state index is 12.6. The van der Waals surface area contributed by atoms with Crippen molar-refractivity contribution in [2.45, 2.75) is 26.3 Å². The molecule has 1 aliphatic heterocycles. The van der Waals surface area contributed by atoms with Crippen LogP contribution in [0, 0.1) is 5.92 Å². The van der Waals surface area contributed by atoms with E-state index in [-0.39, 0.29) is 24.3 Å². The zero-order valence-corrected chi connectivity index (χ0v) is 18.6. The molecule has 2 amide bonds. The summed E-state index contributed by atoms with van der Waals surface area (Å²) in [6, 6.07) is 3.95. The second-order valence-corrected chi connectivity index (χ2v) is 8.40. The van der Waals surface area contributed by atoms with Gasteiger partial charge in [0, 0.05) is 50.9 Å². The fourth-order valence-corrected chi connectivity index (χ4v) is 4.08. The number of likely N-dealkylation sites (tertiary alicyclic amines) is 1. The lowest BCUT2D eigenvalue weighted by molar-refractivity contribution is -0.139. The summed E-state index contributed by atoms with van der Waals surface area (Å²) in [5.74, 6) is 0.625. The van der Waals surface area contributed by atoms with E-state index in [0.717, 1.165) is 34.9 Å². The molecule has 3 heterocycles. The number of rotatable bonds is 8. The van der Waals surface area contributed by atoms with Crippen LogP contribution < -0.4 is 10.2 Å². The third-order valence-corrected chi connectivity index (χ3v) is 5.89. The molecular formula is C21H29N5O3S. The van der Waals surface area contributed by atoms with Crippen LogP contribution in [0.2, 0.25) is 0 Å². The van der Waals surface area contributed by atoms with Gasteiger partial charge in [0.15, 0.2) is 0 Å². The molecule has 0 radical (unpaired) electrons. The summed E-state index contributed by atoms with van der Waals surface area (Å²) in [7, 11) is 3.90. The average molecular weight is 432 g/mol. The van der Waals surface area contributed by atoms with Crippen LogP contribution in [0.1, 0.15) is 24.8 Å². The van der Waals surface area contributed by atoms with Crippen LogP contribution in [-0.4, -0.2) is 67.1 Å². The van der Waals surface area contributed by atoms with Crippen molar-refractivity contribution in [3.63, 3.8) is 0 Å². The Morgan fingerprint density at radius 3 is 2.90 bits per heavy atom. The van der Waals surface area contributed by atoms with Gasteiger partial charge in [-0.2, -0.15) is 0 Å². The molecule has 2 aromatic rings. The van der Waals surface area contributed by atoms with Crippen LogP contribution in [-0.2, 0) is 20.9 Å². The molecule has 2 aromatic heterocycles. The van der Waals surface area contributed by atoms with Gasteiger partial charge in [-0.25, -0.2) is 9.97 Å². The Morgan fingerprint density at radius 1 is 1.37 bits per heavy atom. The fraction of sp³-hybridized carbons (Fsp3) is 0.524. The topological polar surface area (TPSA) is 87.7 Å². The number of hydrogen-bond acceptors (Lipinski definition) is 7. The quantitative estimate of drug-likeness (QED) is 0.689. The van der Waals surface area contributed by atoms with E-state index in [4.69, 9.17) is 4.74 Å². The van der Waals surface area contributed by atoms with Gasteiger partial charge in [0.1, 0.15) is 17.4 Å². The average Bonchev–Trinajstić information content (AvgIpc) is 3.25. The van der Waals surface area contributed by atoms with E-state index in [9.17, 15) is 9.59 Å². The number of nitrogens with one attached hydrogen (secondary N) is 1. The van der Waals surface area contributed by atoms with Crippen molar-refractivity contribution in [3.05, 3.63) is 28.7 Å². The van der Waals surface area contributed by atoms with Crippen molar-refractivity contribution in [2.24, 2.45) is 5.92 Å². The molecule has 1 saturated heterocycles. The molecule has 0 aliphatic carbocycles. The Balaban J connectivity index is 1.52. The van der Waals surface area contributed by atoms with Gasteiger partial charge in [-0.15, -0.1) is 11.3 Å². The second-order valence-electron chi connectivity index (χ2n) is 7.46. The van der Waals surface area contributed by atoms with E-state index < -0.39 is 0 Å². The molecule has 8 nitrogen and oxygen atoms in total. The van der Waals surface area contributed by atoms with E-state index >= 15 is 0 Å². The summed E-state index contributed by atoms with van der Waals surface area (Å²) in [5, 5.41) is 5.80. The highest BCUT2D eigenvalue weighted by atomic mass is 32.1. The maximum atomic E-state index is 12.6. The Labute approximate surface area is 181 Å². The first kappa shape index (κ1) is 22.2. The smallest absolute Gasteiger partial charge is 0.248 e. The lowest BCUT2D eigenvalue weighted by Crippen LogP contribution is -2.46. The van der Waals surface area contributed by atoms with Gasteiger partial charge in [-0.1, -0.05) is 0 Å². The van der Waals surface area contributed by atoms with Crippen LogP contribution in [0.25, 0.3) is 11.3 Å². The molecule has 0 aromatic carbocycles. The van der Waals surface area contributed by atoms with Crippen molar-refractivity contribution >= 4 is 29.0 Å². The first-order valence-electron chi connectivity index (χ1n) is 10.2. The number of amides is 2. The summed E-state index contributed by atoms with van der Waals surface area (Å²) in [5.41, 5.74) is 1.80. The predicted molar refractivity (Wildman–Crippen MR) is 117 cm³/mol. The lowest BCUT2D eigenvalue weighted by atomic mass is 9.97. The maximum Gasteiger partial charge on any atom is 0.248 e. The van der Waals surface area contributed by atoms with Crippen molar-refractivity contribution in [2.75, 3.05) is 45.3 Å². The minimum Gasteiger partial charge on any atom is -0.372 e. The molecular weight excluding hydrogens is 402 g/mol. The molecule has 162 valence electrons. The molecule has 0 unspecified atom stereocenters. The van der Waals surface area contributed by atoms with Crippen molar-refractivity contribution in [1.82, 2.24) is 20.2 Å². The lowest BCUT2D eigenvalue weighted by Gasteiger charge is -2.32. The van der Waals surface area contributed by atoms with Gasteiger partial charge in [0.25, 0.3) is 0 Å². The molecule has 30 heavy (non-hydrogen) atoms. The molecule has 1 N–H and O–H groups in total. The highest BCUT2D eigenvalue weighted by Crippen LogP contribution is 2.23. The summed E-state index contributed by atoms with van der Waals surface area (Å²) < 4.78 is 5.20. The van der Waals surface area contributed by atoms with Crippen molar-refractivity contribution in [1.29, 1.82) is 0 Å². The zero-order valence-electron chi connectivity index (χ0n) is 17.8. The highest BCUT2D eigenvalue weighted by molar-refractivity contribution is 7.09. The summed E-state index contributed by atoms with van der Waals surface area (Å²) in [6.07, 6.45) is 3.42. The molecule has 3 rings (SSSR count). The number of hydrogen-bond donors (Lipinski definition) is 1. The molecule has 1 fully saturated rings. The third-order valence-electron chi connectivity index (χ3n) is 5.04. The monoisotopic (exact) mass is 431 g/mol. The number of piperidine rings is 1. The summed E-state index contributed by atoms with van der Waals surface area (Å²) in [6.45, 7) is 3.97. The van der Waals surface area contributed by atoms with Gasteiger partial charge in [-0.3, -0.25) is 9.59 Å². The van der Waals surface area contributed by atoms with Gasteiger partial charge in [-0.05, 0) is 31.9 Å². The van der Waals surface area contributed by atoms with Gasteiger partial charge >= 0.3 is 0 Å². The zero-order chi connectivity index (χ0) is 21.5. The Kier molecular flexibility index (Phi) is 7.75. The first-order chi connectivity index (χ1) is 14.5. The van der Waals surface area contributed by atoms with Crippen molar-refractivity contribution in [3.8, 4) is 11.3 Å². The number of ether oxygens (including phenoxy) is 1. The van der Waals surface area contributed by atoms with E-state index in [0.29, 0.717) is 26.2 Å². The summed E-state index contributed by atoms with van der Waals surface area (Å²) >= 11 is 1.51. The van der Waals surface area contributed by atoms with Crippen LogP contribution in [0.15, 0.2) is 23.7 Å². The molecule has 0 saturated carbocycles. The van der Waals surface area contributed by atoms with Crippen LogP contribution >= 0.6 is 11.3 Å². The van der Waals surface area contributed by atoms with Gasteiger partial charge < -0.3 is 19.9 Å². The molecule has 0 spiro atoms. The number of anilines is 1. The first-order valence-corrected chi connectivity index (χ1v) is 11.1. The van der Waals surface area contributed by atoms with Crippen LogP contribution in [0.5, 0.6) is 0 Å². The number of carbonyl (C=O) groups is 2. The van der Waals surface area contributed by atoms with E-state index in [1.807, 2.05) is 49.6 Å². The van der Waals surface area contributed by atoms with E-state index in [2.05, 4.69) is 15.3 Å². The van der Waals surface area contributed by atoms with E-state index in [1.165, 1.54) is 11.3 Å². The Morgan fingerprint density at radius 2 is 2.20 bits per heavy atom. The Bertz CT molecular complexity index is 853. The number of pyridine rings is 1. The predicted octanol–water partition coefficient (Wildman–Crippen LogP) is 2.16. The molecule has 1 atom stereocenters. The molecule has 1 aliphatic rings. The molecule has 0 bridgehead atoms.